The maximum atomic E-state index is 12.4. The van der Waals surface area contributed by atoms with Crippen molar-refractivity contribution in [2.45, 2.75) is 65.2 Å². The number of benzene rings is 8. The molecule has 0 spiro atoms. The number of phenolic OH excluding ortho intramolecular Hbond substituents is 2. The Morgan fingerprint density at radius 2 is 0.746 bits per heavy atom. The fourth-order valence-corrected chi connectivity index (χ4v) is 10.9. The molecule has 0 radical (unpaired) electrons. The molecule has 1 saturated carbocycles. The third-order valence-corrected chi connectivity index (χ3v) is 14.6. The maximum absolute atomic E-state index is 12.4. The van der Waals surface area contributed by atoms with Gasteiger partial charge in [-0.2, -0.15) is 0 Å². The molecule has 8 aromatic carbocycles. The molecule has 6 nitrogen and oxygen atoms in total. The van der Waals surface area contributed by atoms with Gasteiger partial charge in [-0.25, -0.2) is 0 Å². The van der Waals surface area contributed by atoms with Gasteiger partial charge < -0.3 is 43.7 Å². The van der Waals surface area contributed by atoms with Crippen molar-refractivity contribution in [1.29, 1.82) is 0 Å². The van der Waals surface area contributed by atoms with Crippen LogP contribution in [0.5, 0.6) is 23.0 Å². The second kappa shape index (κ2) is 21.4. The second-order valence-corrected chi connectivity index (χ2v) is 19.4. The third-order valence-electron chi connectivity index (χ3n) is 14.6. The summed E-state index contributed by atoms with van der Waals surface area (Å²) in [5, 5.41) is 29.5. The van der Waals surface area contributed by atoms with E-state index < -0.39 is 0 Å². The predicted molar refractivity (Wildman–Crippen MR) is 295 cm³/mol. The Bertz CT molecular complexity index is 3150. The van der Waals surface area contributed by atoms with Crippen LogP contribution in [0, 0.1) is 26.7 Å². The molecule has 2 aromatic heterocycles. The number of para-hydroxylation sites is 6. The molecule has 1 fully saturated rings. The van der Waals surface area contributed by atoms with Gasteiger partial charge in [-0.1, -0.05) is 138 Å². The van der Waals surface area contributed by atoms with Crippen LogP contribution >= 0.6 is 0 Å². The minimum absolute atomic E-state index is 0. The van der Waals surface area contributed by atoms with E-state index in [-0.39, 0.29) is 64.0 Å². The van der Waals surface area contributed by atoms with Crippen LogP contribution in [0.25, 0.3) is 77.2 Å². The van der Waals surface area contributed by atoms with Gasteiger partial charge in [0.05, 0.1) is 44.6 Å². The van der Waals surface area contributed by atoms with Gasteiger partial charge in [-0.05, 0) is 96.5 Å². The van der Waals surface area contributed by atoms with Crippen molar-refractivity contribution in [3.8, 4) is 56.6 Å². The first-order chi connectivity index (χ1) is 33.2. The number of aromatic hydroxyl groups is 4. The smallest absolute Gasteiger partial charge is 0.262 e. The van der Waals surface area contributed by atoms with Crippen molar-refractivity contribution < 1.29 is 45.5 Å². The number of aliphatic hydroxyl groups is 2. The summed E-state index contributed by atoms with van der Waals surface area (Å²) in [6, 6.07) is 59.1. The number of rotatable bonds is 12. The average molecular weight is 1110 g/mol. The molecular formula is C64H66HfN2O4. The van der Waals surface area contributed by atoms with Gasteiger partial charge in [0, 0.05) is 82.5 Å². The molecule has 1 aliphatic rings. The molecule has 7 heteroatoms. The Balaban J connectivity index is 0.00000225. The predicted octanol–water partition coefficient (Wildman–Crippen LogP) is 16.8. The van der Waals surface area contributed by atoms with E-state index in [2.05, 4.69) is 207 Å². The van der Waals surface area contributed by atoms with Gasteiger partial charge in [-0.15, -0.1) is 0 Å². The number of phenols is 2. The number of hydrogen-bond acceptors (Lipinski definition) is 2. The fraction of sp³-hybridized carbons (Fsp3) is 0.219. The van der Waals surface area contributed by atoms with Crippen molar-refractivity contribution in [3.63, 3.8) is 0 Å². The van der Waals surface area contributed by atoms with Crippen molar-refractivity contribution >= 4 is 43.6 Å². The van der Waals surface area contributed by atoms with Crippen molar-refractivity contribution in [2.24, 2.45) is 11.8 Å². The van der Waals surface area contributed by atoms with E-state index in [9.17, 15) is 10.2 Å². The van der Waals surface area contributed by atoms with Crippen LogP contribution in [0.4, 0.5) is 0 Å². The number of fused-ring (bicyclic) bond motifs is 6. The monoisotopic (exact) mass is 1110 g/mol. The first kappa shape index (κ1) is 50.8. The average Bonchev–Trinajstić information content (AvgIpc) is 3.88. The molecule has 71 heavy (non-hydrogen) atoms. The summed E-state index contributed by atoms with van der Waals surface area (Å²) in [5.41, 5.74) is 11.6. The zero-order chi connectivity index (χ0) is 46.5. The molecule has 4 N–H and O–H groups in total. The van der Waals surface area contributed by atoms with E-state index in [1.54, 1.807) is 0 Å². The molecule has 10 aromatic rings. The first-order valence-corrected chi connectivity index (χ1v) is 24.5. The summed E-state index contributed by atoms with van der Waals surface area (Å²) >= 11 is 0. The molecule has 0 saturated heterocycles. The molecule has 0 aliphatic heterocycles. The van der Waals surface area contributed by atoms with E-state index in [1.807, 2.05) is 0 Å². The van der Waals surface area contributed by atoms with Crippen LogP contribution in [0.1, 0.15) is 76.3 Å². The van der Waals surface area contributed by atoms with Gasteiger partial charge in [0.25, 0.3) is 11.5 Å². The van der Waals surface area contributed by atoms with Crippen molar-refractivity contribution in [2.75, 3.05) is 13.2 Å². The zero-order valence-electron chi connectivity index (χ0n) is 41.9. The SMILES string of the molecule is CC(C)c1cc(-c2ccccc2[OH+]C[C@@H]2CCCC[C@H]2C[OH+]c2ccccc2-c2cc(C(C)C)cc(-n3c4ccccc4c4ccccc43)c2O)c(O)c(-n2c3ccccc3c3ccccc32)c1.[CH3-].[CH3-].[Hf]. The summed E-state index contributed by atoms with van der Waals surface area (Å²) < 4.78 is 15.2. The summed E-state index contributed by atoms with van der Waals surface area (Å²) in [5.74, 6) is 3.49. The Kier molecular flexibility index (Phi) is 15.3. The molecule has 360 valence electrons. The van der Waals surface area contributed by atoms with Gasteiger partial charge in [-0.3, -0.25) is 0 Å². The van der Waals surface area contributed by atoms with E-state index in [1.165, 1.54) is 12.8 Å². The number of hydrogen-bond donors (Lipinski definition) is 2. The molecule has 1 aliphatic carbocycles. The van der Waals surface area contributed by atoms with Crippen LogP contribution in [0.2, 0.25) is 0 Å². The third kappa shape index (κ3) is 9.30. The van der Waals surface area contributed by atoms with Crippen LogP contribution in [0.15, 0.2) is 170 Å². The van der Waals surface area contributed by atoms with E-state index in [0.717, 1.165) is 113 Å². The minimum atomic E-state index is 0. The Labute approximate surface area is 438 Å². The van der Waals surface area contributed by atoms with Crippen LogP contribution in [-0.2, 0) is 25.8 Å². The van der Waals surface area contributed by atoms with E-state index >= 15 is 0 Å². The van der Waals surface area contributed by atoms with Gasteiger partial charge >= 0.3 is 0 Å². The summed E-state index contributed by atoms with van der Waals surface area (Å²) in [6.07, 6.45) is 4.54. The largest absolute Gasteiger partial charge is 0.582 e. The summed E-state index contributed by atoms with van der Waals surface area (Å²) in [6.45, 7) is 10.2. The number of aromatic nitrogens is 2. The zero-order valence-corrected chi connectivity index (χ0v) is 45.5. The standard InChI is InChI=1S/C62H58N2O4.2CH3.Hf/c1-39(2)43-33-51(61(65)57(35-43)63-53-27-13-7-21-45(53)46-22-8-14-28-54(46)63)49-25-11-17-31-59(49)67-37-41-19-5-6-20-42(41)38-68-60-32-18-12-26-50(60)52-34-44(40(3)4)36-58(62(52)66)64-55-29-15-9-23-47(55)48-24-10-16-30-56(48)64;;;/h7-18,21-36,39-42,65-66H,5-6,19-20,37-38H2,1-4H3;2*1H3;/q;2*-1;/p+2/t41-,42-;;;/m0.../s1. The van der Waals surface area contributed by atoms with E-state index in [4.69, 9.17) is 9.47 Å². The van der Waals surface area contributed by atoms with Gasteiger partial charge in [0.15, 0.2) is 13.2 Å². The quantitative estimate of drug-likeness (QED) is 0.0727. The molecule has 0 bridgehead atoms. The molecule has 0 unspecified atom stereocenters. The number of ether oxygens (including phenoxy) is 2. The summed E-state index contributed by atoms with van der Waals surface area (Å²) in [7, 11) is 0. The van der Waals surface area contributed by atoms with Gasteiger partial charge in [0.1, 0.15) is 11.5 Å². The normalized spacial score (nSPS) is 14.7. The Morgan fingerprint density at radius 1 is 0.437 bits per heavy atom. The summed E-state index contributed by atoms with van der Waals surface area (Å²) in [4.78, 5) is 0. The molecular weight excluding hydrogens is 1040 g/mol. The molecule has 0 amide bonds. The Morgan fingerprint density at radius 3 is 1.08 bits per heavy atom. The number of nitrogens with zero attached hydrogens (tertiary/aromatic N) is 2. The molecule has 2 heterocycles. The van der Waals surface area contributed by atoms with E-state index in [0.29, 0.717) is 25.0 Å². The van der Waals surface area contributed by atoms with Crippen molar-refractivity contribution in [1.82, 2.24) is 9.13 Å². The van der Waals surface area contributed by atoms with Crippen molar-refractivity contribution in [3.05, 3.63) is 196 Å². The van der Waals surface area contributed by atoms with Crippen LogP contribution in [0.3, 0.4) is 0 Å². The molecule has 11 rings (SSSR count). The first-order valence-electron chi connectivity index (χ1n) is 24.5. The fourth-order valence-electron chi connectivity index (χ4n) is 10.9. The van der Waals surface area contributed by atoms with Gasteiger partial charge in [0.2, 0.25) is 0 Å². The maximum Gasteiger partial charge on any atom is 0.262 e. The topological polar surface area (TPSA) is 75.9 Å². The van der Waals surface area contributed by atoms with Crippen LogP contribution in [-0.4, -0.2) is 42.0 Å². The molecule has 2 atom stereocenters. The second-order valence-electron chi connectivity index (χ2n) is 19.4. The van der Waals surface area contributed by atoms with Crippen LogP contribution < -0.4 is 0 Å². The minimum Gasteiger partial charge on any atom is -0.582 e. The Hall–Kier alpha value is -6.57.